The molecule has 1 aromatic carbocycles. The van der Waals surface area contributed by atoms with Crippen LogP contribution in [0.2, 0.25) is 0 Å². The number of rotatable bonds is 5. The fraction of sp³-hybridized carbons (Fsp3) is 0.417. The van der Waals surface area contributed by atoms with Crippen LogP contribution in [0, 0.1) is 5.92 Å². The molecule has 2 rings (SSSR count). The zero-order chi connectivity index (χ0) is 14.0. The Morgan fingerprint density at radius 3 is 2.79 bits per heavy atom. The first-order chi connectivity index (χ1) is 8.94. The van der Waals surface area contributed by atoms with Crippen LogP contribution in [-0.2, 0) is 10.0 Å². The lowest BCUT2D eigenvalue weighted by atomic mass is 10.2. The van der Waals surface area contributed by atoms with Gasteiger partial charge in [-0.3, -0.25) is 4.31 Å². The summed E-state index contributed by atoms with van der Waals surface area (Å²) in [5.41, 5.74) is 6.48. The van der Waals surface area contributed by atoms with Crippen molar-refractivity contribution in [2.75, 3.05) is 17.1 Å². The number of hydrogen-bond donors (Lipinski definition) is 2. The number of benzene rings is 1. The van der Waals surface area contributed by atoms with Gasteiger partial charge in [0.2, 0.25) is 10.0 Å². The third kappa shape index (κ3) is 3.17. The largest absolute Gasteiger partial charge is 0.409 e. The first kappa shape index (κ1) is 13.7. The summed E-state index contributed by atoms with van der Waals surface area (Å²) in [4.78, 5) is 0. The number of amidine groups is 1. The van der Waals surface area contributed by atoms with Gasteiger partial charge in [-0.2, -0.15) is 0 Å². The molecule has 1 aromatic rings. The summed E-state index contributed by atoms with van der Waals surface area (Å²) in [5.74, 6) is 0.423. The Kier molecular flexibility index (Phi) is 3.66. The second-order valence-corrected chi connectivity index (χ2v) is 6.77. The Bertz CT molecular complexity index is 594. The van der Waals surface area contributed by atoms with Gasteiger partial charge in [-0.1, -0.05) is 17.3 Å². The van der Waals surface area contributed by atoms with Crippen molar-refractivity contribution in [3.05, 3.63) is 29.8 Å². The molecule has 6 nitrogen and oxygen atoms in total. The summed E-state index contributed by atoms with van der Waals surface area (Å²) in [7, 11) is -1.79. The molecule has 0 spiro atoms. The molecule has 7 heteroatoms. The van der Waals surface area contributed by atoms with E-state index < -0.39 is 10.0 Å². The zero-order valence-corrected chi connectivity index (χ0v) is 11.5. The molecule has 1 fully saturated rings. The minimum absolute atomic E-state index is 0.0464. The van der Waals surface area contributed by atoms with E-state index >= 15 is 0 Å². The van der Waals surface area contributed by atoms with Crippen LogP contribution in [0.5, 0.6) is 0 Å². The van der Waals surface area contributed by atoms with Gasteiger partial charge in [0.05, 0.1) is 11.4 Å². The van der Waals surface area contributed by atoms with Gasteiger partial charge in [0.25, 0.3) is 0 Å². The standard InChI is InChI=1S/C12H17N3O3S/c1-15(19(17,18)8-9-5-6-9)11-4-2-3-10(7-11)12(13)14-16/h2-4,7,9,16H,5-6,8H2,1H3,(H2,13,14). The molecule has 104 valence electrons. The van der Waals surface area contributed by atoms with Crippen molar-refractivity contribution in [3.8, 4) is 0 Å². The van der Waals surface area contributed by atoms with Crippen molar-refractivity contribution >= 4 is 21.5 Å². The summed E-state index contributed by atoms with van der Waals surface area (Å²) in [6.45, 7) is 0. The van der Waals surface area contributed by atoms with Crippen molar-refractivity contribution in [2.45, 2.75) is 12.8 Å². The van der Waals surface area contributed by atoms with Gasteiger partial charge in [-0.15, -0.1) is 0 Å². The highest BCUT2D eigenvalue weighted by atomic mass is 32.2. The number of nitrogens with zero attached hydrogens (tertiary/aromatic N) is 2. The smallest absolute Gasteiger partial charge is 0.235 e. The molecule has 0 heterocycles. The molecule has 1 saturated carbocycles. The van der Waals surface area contributed by atoms with Gasteiger partial charge in [0.15, 0.2) is 5.84 Å². The molecule has 0 unspecified atom stereocenters. The van der Waals surface area contributed by atoms with E-state index in [4.69, 9.17) is 10.9 Å². The number of hydrogen-bond acceptors (Lipinski definition) is 4. The quantitative estimate of drug-likeness (QED) is 0.364. The number of oxime groups is 1. The van der Waals surface area contributed by atoms with Crippen LogP contribution >= 0.6 is 0 Å². The Morgan fingerprint density at radius 1 is 1.53 bits per heavy atom. The molecular formula is C12H17N3O3S. The average Bonchev–Trinajstić information content (AvgIpc) is 3.20. The SMILES string of the molecule is CN(c1cccc(C(N)=NO)c1)S(=O)(=O)CC1CC1. The topological polar surface area (TPSA) is 96.0 Å². The molecular weight excluding hydrogens is 266 g/mol. The first-order valence-corrected chi connectivity index (χ1v) is 7.59. The minimum atomic E-state index is -3.31. The molecule has 0 aliphatic heterocycles. The fourth-order valence-corrected chi connectivity index (χ4v) is 3.36. The summed E-state index contributed by atoms with van der Waals surface area (Å²) >= 11 is 0. The predicted octanol–water partition coefficient (Wildman–Crippen LogP) is 0.957. The number of nitrogens with two attached hydrogens (primary N) is 1. The van der Waals surface area contributed by atoms with E-state index in [-0.39, 0.29) is 11.6 Å². The summed E-state index contributed by atoms with van der Waals surface area (Å²) in [5, 5.41) is 11.5. The summed E-state index contributed by atoms with van der Waals surface area (Å²) in [6, 6.07) is 6.59. The Labute approximate surface area is 112 Å². The third-order valence-electron chi connectivity index (χ3n) is 3.17. The minimum Gasteiger partial charge on any atom is -0.409 e. The van der Waals surface area contributed by atoms with Crippen LogP contribution in [-0.4, -0.2) is 32.3 Å². The molecule has 3 N–H and O–H groups in total. The van der Waals surface area contributed by atoms with Crippen molar-refractivity contribution in [1.82, 2.24) is 0 Å². The number of sulfonamides is 1. The van der Waals surface area contributed by atoms with E-state index in [0.717, 1.165) is 12.8 Å². The lowest BCUT2D eigenvalue weighted by Gasteiger charge is -2.19. The Morgan fingerprint density at radius 2 is 2.21 bits per heavy atom. The van der Waals surface area contributed by atoms with E-state index in [2.05, 4.69) is 5.16 Å². The lowest BCUT2D eigenvalue weighted by Crippen LogP contribution is -2.30. The Balaban J connectivity index is 2.25. The second-order valence-electron chi connectivity index (χ2n) is 4.72. The molecule has 1 aliphatic rings. The monoisotopic (exact) mass is 283 g/mol. The van der Waals surface area contributed by atoms with Crippen molar-refractivity contribution in [2.24, 2.45) is 16.8 Å². The van der Waals surface area contributed by atoms with Crippen molar-refractivity contribution in [1.29, 1.82) is 0 Å². The summed E-state index contributed by atoms with van der Waals surface area (Å²) in [6.07, 6.45) is 1.97. The molecule has 0 amide bonds. The molecule has 0 aromatic heterocycles. The van der Waals surface area contributed by atoms with E-state index in [1.807, 2.05) is 0 Å². The van der Waals surface area contributed by atoms with Gasteiger partial charge in [0.1, 0.15) is 0 Å². The van der Waals surface area contributed by atoms with Crippen LogP contribution in [0.25, 0.3) is 0 Å². The zero-order valence-electron chi connectivity index (χ0n) is 10.7. The fourth-order valence-electron chi connectivity index (χ4n) is 1.77. The van der Waals surface area contributed by atoms with Crippen molar-refractivity contribution in [3.63, 3.8) is 0 Å². The first-order valence-electron chi connectivity index (χ1n) is 5.98. The maximum Gasteiger partial charge on any atom is 0.235 e. The molecule has 1 aliphatic carbocycles. The highest BCUT2D eigenvalue weighted by Crippen LogP contribution is 2.32. The molecule has 0 bridgehead atoms. The molecule has 0 radical (unpaired) electrons. The van der Waals surface area contributed by atoms with Gasteiger partial charge in [-0.25, -0.2) is 8.42 Å². The second kappa shape index (κ2) is 5.08. The third-order valence-corrected chi connectivity index (χ3v) is 5.11. The van der Waals surface area contributed by atoms with Gasteiger partial charge in [-0.05, 0) is 30.9 Å². The van der Waals surface area contributed by atoms with Gasteiger partial charge >= 0.3 is 0 Å². The maximum absolute atomic E-state index is 12.1. The van der Waals surface area contributed by atoms with Crippen LogP contribution in [0.4, 0.5) is 5.69 Å². The van der Waals surface area contributed by atoms with Crippen LogP contribution in [0.3, 0.4) is 0 Å². The lowest BCUT2D eigenvalue weighted by molar-refractivity contribution is 0.318. The maximum atomic E-state index is 12.1. The predicted molar refractivity (Wildman–Crippen MR) is 73.9 cm³/mol. The molecule has 0 atom stereocenters. The summed E-state index contributed by atoms with van der Waals surface area (Å²) < 4.78 is 25.5. The van der Waals surface area contributed by atoms with E-state index in [1.165, 1.54) is 11.4 Å². The van der Waals surface area contributed by atoms with Crippen LogP contribution in [0.15, 0.2) is 29.4 Å². The van der Waals surface area contributed by atoms with E-state index in [9.17, 15) is 8.42 Å². The van der Waals surface area contributed by atoms with Crippen molar-refractivity contribution < 1.29 is 13.6 Å². The number of anilines is 1. The van der Waals surface area contributed by atoms with Gasteiger partial charge in [0, 0.05) is 12.6 Å². The van der Waals surface area contributed by atoms with Gasteiger partial charge < -0.3 is 10.9 Å². The Hall–Kier alpha value is -1.76. The van der Waals surface area contributed by atoms with E-state index in [1.54, 1.807) is 24.3 Å². The molecule has 19 heavy (non-hydrogen) atoms. The van der Waals surface area contributed by atoms with Crippen LogP contribution in [0.1, 0.15) is 18.4 Å². The highest BCUT2D eigenvalue weighted by molar-refractivity contribution is 7.92. The van der Waals surface area contributed by atoms with E-state index in [0.29, 0.717) is 17.2 Å². The normalized spacial score (nSPS) is 16.4. The highest BCUT2D eigenvalue weighted by Gasteiger charge is 2.30. The van der Waals surface area contributed by atoms with Crippen LogP contribution < -0.4 is 10.0 Å². The molecule has 0 saturated heterocycles. The average molecular weight is 283 g/mol.